The van der Waals surface area contributed by atoms with E-state index in [-0.39, 0.29) is 5.91 Å². The normalized spacial score (nSPS) is 10.5. The van der Waals surface area contributed by atoms with Crippen molar-refractivity contribution in [3.63, 3.8) is 0 Å². The van der Waals surface area contributed by atoms with E-state index in [0.29, 0.717) is 17.8 Å². The van der Waals surface area contributed by atoms with Crippen LogP contribution in [-0.2, 0) is 13.0 Å². The number of amides is 1. The second-order valence-corrected chi connectivity index (χ2v) is 5.42. The Morgan fingerprint density at radius 3 is 2.48 bits per heavy atom. The minimum Gasteiger partial charge on any atom is -0.319 e. The zero-order valence-electron chi connectivity index (χ0n) is 13.1. The van der Waals surface area contributed by atoms with Crippen molar-refractivity contribution in [3.05, 3.63) is 83.7 Å². The fraction of sp³-hybridized carbons (Fsp3) is 0.158. The molecule has 1 N–H and O–H groups in total. The first-order valence-electron chi connectivity index (χ1n) is 7.71. The first kappa shape index (κ1) is 15.0. The van der Waals surface area contributed by atoms with Gasteiger partial charge in [-0.1, -0.05) is 49.4 Å². The van der Waals surface area contributed by atoms with E-state index >= 15 is 0 Å². The van der Waals surface area contributed by atoms with Crippen molar-refractivity contribution in [1.29, 1.82) is 0 Å². The molecule has 1 heterocycles. The molecular formula is C19H19N3O. The van der Waals surface area contributed by atoms with Gasteiger partial charge in [-0.2, -0.15) is 5.10 Å². The molecule has 0 radical (unpaired) electrons. The predicted molar refractivity (Wildman–Crippen MR) is 91.5 cm³/mol. The van der Waals surface area contributed by atoms with E-state index in [1.807, 2.05) is 53.3 Å². The Hall–Kier alpha value is -2.88. The molecule has 3 aromatic rings. The van der Waals surface area contributed by atoms with Crippen LogP contribution >= 0.6 is 0 Å². The zero-order valence-corrected chi connectivity index (χ0v) is 13.1. The van der Waals surface area contributed by atoms with Gasteiger partial charge in [0.05, 0.1) is 18.4 Å². The molecule has 0 spiro atoms. The molecule has 4 heteroatoms. The highest BCUT2D eigenvalue weighted by Crippen LogP contribution is 2.11. The van der Waals surface area contributed by atoms with Gasteiger partial charge < -0.3 is 5.32 Å². The molecule has 3 rings (SSSR count). The lowest BCUT2D eigenvalue weighted by Crippen LogP contribution is -2.11. The molecule has 2 aromatic carbocycles. The Balaban J connectivity index is 1.65. The summed E-state index contributed by atoms with van der Waals surface area (Å²) >= 11 is 0. The summed E-state index contributed by atoms with van der Waals surface area (Å²) in [6, 6.07) is 17.8. The summed E-state index contributed by atoms with van der Waals surface area (Å²) in [5.41, 5.74) is 3.74. The molecule has 0 aliphatic carbocycles. The molecule has 23 heavy (non-hydrogen) atoms. The topological polar surface area (TPSA) is 46.9 Å². The average Bonchev–Trinajstić information content (AvgIpc) is 3.02. The van der Waals surface area contributed by atoms with Gasteiger partial charge in [0, 0.05) is 11.8 Å². The maximum absolute atomic E-state index is 12.2. The number of rotatable bonds is 5. The van der Waals surface area contributed by atoms with Gasteiger partial charge in [0.2, 0.25) is 0 Å². The first-order chi connectivity index (χ1) is 11.2. The lowest BCUT2D eigenvalue weighted by atomic mass is 10.1. The number of carbonyl (C=O) groups excluding carboxylic acids is 1. The van der Waals surface area contributed by atoms with Crippen molar-refractivity contribution in [2.45, 2.75) is 19.9 Å². The number of aryl methyl sites for hydroxylation is 1. The SMILES string of the molecule is CCc1ccc(C(=O)Nc2cnn(Cc3ccccc3)c2)cc1. The third-order valence-electron chi connectivity index (χ3n) is 3.70. The molecule has 116 valence electrons. The monoisotopic (exact) mass is 305 g/mol. The van der Waals surface area contributed by atoms with Crippen LogP contribution in [0, 0.1) is 0 Å². The van der Waals surface area contributed by atoms with Crippen molar-refractivity contribution in [1.82, 2.24) is 9.78 Å². The molecule has 0 saturated heterocycles. The van der Waals surface area contributed by atoms with Gasteiger partial charge in [-0.3, -0.25) is 9.48 Å². The van der Waals surface area contributed by atoms with E-state index in [1.165, 1.54) is 11.1 Å². The number of aromatic nitrogens is 2. The van der Waals surface area contributed by atoms with Crippen LogP contribution in [0.1, 0.15) is 28.4 Å². The highest BCUT2D eigenvalue weighted by Gasteiger charge is 2.07. The minimum atomic E-state index is -0.119. The summed E-state index contributed by atoms with van der Waals surface area (Å²) in [5.74, 6) is -0.119. The molecule has 0 unspecified atom stereocenters. The quantitative estimate of drug-likeness (QED) is 0.780. The summed E-state index contributed by atoms with van der Waals surface area (Å²) < 4.78 is 1.81. The lowest BCUT2D eigenvalue weighted by molar-refractivity contribution is 0.102. The summed E-state index contributed by atoms with van der Waals surface area (Å²) in [6.45, 7) is 2.78. The van der Waals surface area contributed by atoms with Crippen molar-refractivity contribution in [3.8, 4) is 0 Å². The maximum Gasteiger partial charge on any atom is 0.255 e. The Kier molecular flexibility index (Phi) is 4.52. The molecule has 1 amide bonds. The minimum absolute atomic E-state index is 0.119. The number of benzene rings is 2. The highest BCUT2D eigenvalue weighted by molar-refractivity contribution is 6.04. The van der Waals surface area contributed by atoms with Crippen LogP contribution in [-0.4, -0.2) is 15.7 Å². The zero-order chi connectivity index (χ0) is 16.1. The second kappa shape index (κ2) is 6.92. The largest absolute Gasteiger partial charge is 0.319 e. The number of hydrogen-bond acceptors (Lipinski definition) is 2. The van der Waals surface area contributed by atoms with Crippen molar-refractivity contribution >= 4 is 11.6 Å². The Morgan fingerprint density at radius 1 is 1.04 bits per heavy atom. The van der Waals surface area contributed by atoms with Crippen LogP contribution < -0.4 is 5.32 Å². The highest BCUT2D eigenvalue weighted by atomic mass is 16.1. The first-order valence-corrected chi connectivity index (χ1v) is 7.71. The molecule has 0 fully saturated rings. The molecule has 4 nitrogen and oxygen atoms in total. The summed E-state index contributed by atoms with van der Waals surface area (Å²) in [4.78, 5) is 12.2. The smallest absolute Gasteiger partial charge is 0.255 e. The lowest BCUT2D eigenvalue weighted by Gasteiger charge is -2.04. The van der Waals surface area contributed by atoms with Crippen LogP contribution in [0.2, 0.25) is 0 Å². The van der Waals surface area contributed by atoms with E-state index in [4.69, 9.17) is 0 Å². The molecular weight excluding hydrogens is 286 g/mol. The third-order valence-corrected chi connectivity index (χ3v) is 3.70. The van der Waals surface area contributed by atoms with E-state index in [1.54, 1.807) is 6.20 Å². The molecule has 0 aliphatic heterocycles. The molecule has 0 saturated carbocycles. The van der Waals surface area contributed by atoms with E-state index < -0.39 is 0 Å². The fourth-order valence-electron chi connectivity index (χ4n) is 2.38. The third kappa shape index (κ3) is 3.86. The summed E-state index contributed by atoms with van der Waals surface area (Å²) in [7, 11) is 0. The van der Waals surface area contributed by atoms with Crippen LogP contribution in [0.25, 0.3) is 0 Å². The van der Waals surface area contributed by atoms with Crippen molar-refractivity contribution in [2.75, 3.05) is 5.32 Å². The summed E-state index contributed by atoms with van der Waals surface area (Å²) in [6.07, 6.45) is 4.47. The standard InChI is InChI=1S/C19H19N3O/c1-2-15-8-10-17(11-9-15)19(23)21-18-12-20-22(14-18)13-16-6-4-3-5-7-16/h3-12,14H,2,13H2,1H3,(H,21,23). The van der Waals surface area contributed by atoms with Gasteiger partial charge >= 0.3 is 0 Å². The van der Waals surface area contributed by atoms with Gasteiger partial charge in [-0.15, -0.1) is 0 Å². The number of anilines is 1. The van der Waals surface area contributed by atoms with Crippen LogP contribution in [0.5, 0.6) is 0 Å². The van der Waals surface area contributed by atoms with Gasteiger partial charge in [-0.25, -0.2) is 0 Å². The van der Waals surface area contributed by atoms with Gasteiger partial charge in [0.15, 0.2) is 0 Å². The van der Waals surface area contributed by atoms with Gasteiger partial charge in [0.1, 0.15) is 0 Å². The summed E-state index contributed by atoms with van der Waals surface area (Å²) in [5, 5.41) is 7.17. The Labute approximate surface area is 135 Å². The number of nitrogens with zero attached hydrogens (tertiary/aromatic N) is 2. The Morgan fingerprint density at radius 2 is 1.78 bits per heavy atom. The average molecular weight is 305 g/mol. The number of carbonyl (C=O) groups is 1. The number of nitrogens with one attached hydrogen (secondary N) is 1. The van der Waals surface area contributed by atoms with Crippen LogP contribution in [0.15, 0.2) is 67.0 Å². The predicted octanol–water partition coefficient (Wildman–Crippen LogP) is 3.75. The van der Waals surface area contributed by atoms with Gasteiger partial charge in [-0.05, 0) is 29.7 Å². The molecule has 0 aliphatic rings. The second-order valence-electron chi connectivity index (χ2n) is 5.42. The van der Waals surface area contributed by atoms with E-state index in [0.717, 1.165) is 6.42 Å². The van der Waals surface area contributed by atoms with Crippen LogP contribution in [0.4, 0.5) is 5.69 Å². The van der Waals surface area contributed by atoms with Crippen molar-refractivity contribution in [2.24, 2.45) is 0 Å². The Bertz CT molecular complexity index is 776. The van der Waals surface area contributed by atoms with E-state index in [2.05, 4.69) is 29.5 Å². The number of hydrogen-bond donors (Lipinski definition) is 1. The van der Waals surface area contributed by atoms with Crippen LogP contribution in [0.3, 0.4) is 0 Å². The van der Waals surface area contributed by atoms with Gasteiger partial charge in [0.25, 0.3) is 5.91 Å². The van der Waals surface area contributed by atoms with E-state index in [9.17, 15) is 4.79 Å². The fourth-order valence-corrected chi connectivity index (χ4v) is 2.38. The maximum atomic E-state index is 12.2. The molecule has 1 aromatic heterocycles. The van der Waals surface area contributed by atoms with Crippen molar-refractivity contribution < 1.29 is 4.79 Å². The molecule has 0 bridgehead atoms. The molecule has 0 atom stereocenters.